The van der Waals surface area contributed by atoms with E-state index in [0.29, 0.717) is 0 Å². The Balaban J connectivity index is 0. The van der Waals surface area contributed by atoms with Crippen LogP contribution in [-0.4, -0.2) is 20.8 Å². The van der Waals surface area contributed by atoms with E-state index in [-0.39, 0.29) is 28.4 Å². The summed E-state index contributed by atoms with van der Waals surface area (Å²) in [6.07, 6.45) is 0. The molecule has 14 heavy (non-hydrogen) atoms. The van der Waals surface area contributed by atoms with Crippen LogP contribution < -0.4 is 9.90 Å². The maximum Gasteiger partial charge on any atom is 2.00 e. The molecule has 1 N–H and O–H groups in total. The smallest absolute Gasteiger partial charge is 0.863 e. The van der Waals surface area contributed by atoms with Crippen LogP contribution in [0.5, 0.6) is 5.75 Å². The number of aromatic hydroxyl groups is 1. The number of rotatable bonds is 1. The van der Waals surface area contributed by atoms with Gasteiger partial charge >= 0.3 is 17.1 Å². The second-order valence-electron chi connectivity index (χ2n) is 2.09. The summed E-state index contributed by atoms with van der Waals surface area (Å²) in [6, 6.07) is 5.64. The van der Waals surface area contributed by atoms with Crippen LogP contribution in [0.3, 0.4) is 0 Å². The molecule has 0 unspecified atom stereocenters. The number of benzene rings is 1. The van der Waals surface area contributed by atoms with Gasteiger partial charge in [-0.1, -0.05) is 28.4 Å². The molecule has 0 aliphatic carbocycles. The van der Waals surface area contributed by atoms with Crippen molar-refractivity contribution >= 4 is 15.7 Å². The van der Waals surface area contributed by atoms with E-state index >= 15 is 0 Å². The van der Waals surface area contributed by atoms with Crippen molar-refractivity contribution < 1.29 is 36.9 Å². The first-order chi connectivity index (χ1) is 6.13. The molecule has 4 nitrogen and oxygen atoms in total. The summed E-state index contributed by atoms with van der Waals surface area (Å²) >= 11 is 0. The van der Waals surface area contributed by atoms with Crippen LogP contribution in [-0.2, 0) is 17.1 Å². The van der Waals surface area contributed by atoms with Crippen LogP contribution >= 0.6 is 0 Å². The predicted molar refractivity (Wildman–Crippen MR) is 46.8 cm³/mol. The zero-order valence-corrected chi connectivity index (χ0v) is 10.1. The van der Waals surface area contributed by atoms with Crippen LogP contribution in [0, 0.1) is 0 Å². The fraction of sp³-hybridized carbons (Fsp3) is 0.125. The van der Waals surface area contributed by atoms with Crippen LogP contribution in [0.15, 0.2) is 24.3 Å². The van der Waals surface area contributed by atoms with Gasteiger partial charge in [0.25, 0.3) is 0 Å². The molecule has 0 bridgehead atoms. The van der Waals surface area contributed by atoms with Gasteiger partial charge in [-0.05, 0) is 12.1 Å². The van der Waals surface area contributed by atoms with Gasteiger partial charge in [-0.15, -0.1) is 0 Å². The number of phenols is 1. The van der Waals surface area contributed by atoms with Crippen molar-refractivity contribution in [3.05, 3.63) is 29.8 Å². The summed E-state index contributed by atoms with van der Waals surface area (Å²) in [5, 5.41) is 19.0. The van der Waals surface area contributed by atoms with E-state index in [1.54, 1.807) is 12.6 Å². The normalized spacial score (nSPS) is 8.71. The number of hydrogen-bond acceptors (Lipinski definition) is 4. The van der Waals surface area contributed by atoms with Gasteiger partial charge in [-0.25, -0.2) is 0 Å². The SMILES string of the molecule is C[SiH2][O-].O=C([O-])c1ccccc1O.[Fe+2]. The summed E-state index contributed by atoms with van der Waals surface area (Å²) in [4.78, 5) is 19.2. The first-order valence-corrected chi connectivity index (χ1v) is 5.70. The van der Waals surface area contributed by atoms with E-state index in [4.69, 9.17) is 9.90 Å². The molecule has 6 heteroatoms. The minimum Gasteiger partial charge on any atom is -0.863 e. The molecular formula is C8H10FeO4Si. The average molecular weight is 254 g/mol. The minimum absolute atomic E-state index is 0. The molecular weight excluding hydrogens is 244 g/mol. The third-order valence-electron chi connectivity index (χ3n) is 1.12. The number of carboxylic acid groups (broad SMARTS) is 1. The molecule has 0 aromatic heterocycles. The molecule has 1 aromatic carbocycles. The molecule has 0 atom stereocenters. The molecule has 0 aliphatic rings. The maximum atomic E-state index is 10.2. The van der Waals surface area contributed by atoms with E-state index in [2.05, 4.69) is 0 Å². The van der Waals surface area contributed by atoms with E-state index in [1.807, 2.05) is 0 Å². The first-order valence-electron chi connectivity index (χ1n) is 3.70. The fourth-order valence-electron chi connectivity index (χ4n) is 0.646. The first kappa shape index (κ1) is 15.6. The summed E-state index contributed by atoms with van der Waals surface area (Å²) in [5.74, 6) is -1.62. The van der Waals surface area contributed by atoms with Gasteiger partial charge in [0.1, 0.15) is 5.75 Å². The third kappa shape index (κ3) is 5.77. The predicted octanol–water partition coefficient (Wildman–Crippen LogP) is -1.77. The summed E-state index contributed by atoms with van der Waals surface area (Å²) < 4.78 is 0. The third-order valence-corrected chi connectivity index (χ3v) is 1.12. The van der Waals surface area contributed by atoms with Crippen molar-refractivity contribution in [2.45, 2.75) is 6.55 Å². The Hall–Kier alpha value is -0.814. The topological polar surface area (TPSA) is 83.4 Å². The van der Waals surface area contributed by atoms with Crippen molar-refractivity contribution in [1.82, 2.24) is 0 Å². The van der Waals surface area contributed by atoms with E-state index in [0.717, 1.165) is 0 Å². The molecule has 0 heterocycles. The van der Waals surface area contributed by atoms with Gasteiger partial charge in [-0.3, -0.25) is 0 Å². The van der Waals surface area contributed by atoms with Gasteiger partial charge < -0.3 is 19.8 Å². The van der Waals surface area contributed by atoms with Gasteiger partial charge in [-0.2, -0.15) is 0 Å². The maximum absolute atomic E-state index is 10.2. The average Bonchev–Trinajstić information content (AvgIpc) is 2.06. The molecule has 0 radical (unpaired) electrons. The molecule has 1 aromatic rings. The second-order valence-corrected chi connectivity index (χ2v) is 2.67. The zero-order chi connectivity index (χ0) is 10.3. The number of aromatic carboxylic acids is 1. The minimum atomic E-state index is -1.36. The number of para-hydroxylation sites is 1. The summed E-state index contributed by atoms with van der Waals surface area (Å²) in [6.45, 7) is 1.71. The number of carbonyl (C=O) groups excluding carboxylic acids is 1. The van der Waals surface area contributed by atoms with Crippen LogP contribution in [0.4, 0.5) is 0 Å². The van der Waals surface area contributed by atoms with Crippen molar-refractivity contribution in [2.24, 2.45) is 0 Å². The number of carbonyl (C=O) groups is 1. The van der Waals surface area contributed by atoms with Gasteiger partial charge in [0, 0.05) is 5.56 Å². The molecule has 78 valence electrons. The Kier molecular flexibility index (Phi) is 9.80. The standard InChI is InChI=1S/C7H6O3.CH5OSi.Fe/c8-6-4-2-1-3-5(6)7(9)10;1-3-2;/h1-4,8H,(H,9,10);3H2,1H3;/q;-1;+2/p-1. The van der Waals surface area contributed by atoms with E-state index < -0.39 is 15.7 Å². The van der Waals surface area contributed by atoms with Crippen LogP contribution in [0.1, 0.15) is 10.4 Å². The second kappa shape index (κ2) is 8.77. The molecule has 0 spiro atoms. The molecule has 0 aliphatic heterocycles. The van der Waals surface area contributed by atoms with Gasteiger partial charge in [0.2, 0.25) is 0 Å². The van der Waals surface area contributed by atoms with Gasteiger partial charge in [0.05, 0.1) is 5.97 Å². The Labute approximate surface area is 95.0 Å². The van der Waals surface area contributed by atoms with Crippen molar-refractivity contribution in [1.29, 1.82) is 0 Å². The molecule has 0 saturated carbocycles. The monoisotopic (exact) mass is 254 g/mol. The molecule has 0 fully saturated rings. The Bertz CT molecular complexity index is 280. The van der Waals surface area contributed by atoms with E-state index in [1.165, 1.54) is 18.2 Å². The van der Waals surface area contributed by atoms with Crippen LogP contribution in [0.2, 0.25) is 6.55 Å². The van der Waals surface area contributed by atoms with Crippen molar-refractivity contribution in [3.63, 3.8) is 0 Å². The molecule has 0 amide bonds. The van der Waals surface area contributed by atoms with E-state index in [9.17, 15) is 9.90 Å². The Morgan fingerprint density at radius 3 is 2.14 bits per heavy atom. The van der Waals surface area contributed by atoms with Crippen molar-refractivity contribution in [2.75, 3.05) is 0 Å². The number of carboxylic acids is 1. The van der Waals surface area contributed by atoms with Gasteiger partial charge in [0.15, 0.2) is 0 Å². The molecule has 1 rings (SSSR count). The van der Waals surface area contributed by atoms with Crippen LogP contribution in [0.25, 0.3) is 0 Å². The zero-order valence-electron chi connectivity index (χ0n) is 7.54. The van der Waals surface area contributed by atoms with Crippen molar-refractivity contribution in [3.8, 4) is 5.75 Å². The Morgan fingerprint density at radius 1 is 1.43 bits per heavy atom. The summed E-state index contributed by atoms with van der Waals surface area (Å²) in [7, 11) is -0.833. The fourth-order valence-corrected chi connectivity index (χ4v) is 0.646. The molecule has 0 saturated heterocycles. The number of hydrogen-bond donors (Lipinski definition) is 1. The quantitative estimate of drug-likeness (QED) is 0.601. The Morgan fingerprint density at radius 2 is 1.86 bits per heavy atom. The largest absolute Gasteiger partial charge is 2.00 e. The summed E-state index contributed by atoms with van der Waals surface area (Å²) in [5.41, 5.74) is -0.178.